The van der Waals surface area contributed by atoms with Gasteiger partial charge in [0.15, 0.2) is 0 Å². The Labute approximate surface area is 225 Å². The normalized spacial score (nSPS) is 16.9. The molecule has 0 unspecified atom stereocenters. The molecule has 0 aromatic heterocycles. The Morgan fingerprint density at radius 1 is 0.457 bits per heavy atom. The molecule has 2 aliphatic rings. The van der Waals surface area contributed by atoms with E-state index >= 15 is 0 Å². The molecular weight excluding hydrogens is 511 g/mol. The zero-order valence-corrected chi connectivity index (χ0v) is 22.7. The van der Waals surface area contributed by atoms with E-state index in [4.69, 9.17) is 0 Å². The topological polar surface area (TPSA) is 0 Å². The molecule has 0 heterocycles. The van der Waals surface area contributed by atoms with E-state index in [-0.39, 0.29) is 19.5 Å². The van der Waals surface area contributed by atoms with Gasteiger partial charge in [-0.1, -0.05) is 125 Å². The summed E-state index contributed by atoms with van der Waals surface area (Å²) in [5, 5.41) is 0. The predicted molar refractivity (Wildman–Crippen MR) is 146 cm³/mol. The molecule has 1 saturated carbocycles. The summed E-state index contributed by atoms with van der Waals surface area (Å²) in [6, 6.07) is 31.0. The summed E-state index contributed by atoms with van der Waals surface area (Å²) >= 11 is 0. The van der Waals surface area contributed by atoms with E-state index in [0.717, 1.165) is 11.1 Å². The van der Waals surface area contributed by atoms with Crippen LogP contribution in [0.25, 0.3) is 11.1 Å². The minimum Gasteiger partial charge on any atom is -0.0622 e. The summed E-state index contributed by atoms with van der Waals surface area (Å²) in [5.41, 5.74) is 7.04. The van der Waals surface area contributed by atoms with E-state index in [1.165, 1.54) is 51.9 Å². The minimum atomic E-state index is 0. The van der Waals surface area contributed by atoms with Crippen molar-refractivity contribution < 1.29 is 19.5 Å². The molecule has 3 aromatic rings. The van der Waals surface area contributed by atoms with Gasteiger partial charge in [0.05, 0.1) is 0 Å². The predicted octanol–water partition coefficient (Wildman–Crippen LogP) is 8.56. The first-order valence-electron chi connectivity index (χ1n) is 11.8. The van der Waals surface area contributed by atoms with E-state index in [1.54, 1.807) is 0 Å². The van der Waals surface area contributed by atoms with Gasteiger partial charge in [-0.2, -0.15) is 0 Å². The van der Waals surface area contributed by atoms with Gasteiger partial charge in [0.1, 0.15) is 0 Å². The van der Waals surface area contributed by atoms with Crippen LogP contribution < -0.4 is 0 Å². The molecule has 3 aromatic carbocycles. The van der Waals surface area contributed by atoms with Gasteiger partial charge in [0, 0.05) is 30.6 Å². The van der Waals surface area contributed by atoms with Crippen molar-refractivity contribution in [2.45, 2.75) is 34.6 Å². The Morgan fingerprint density at radius 3 is 1.31 bits per heavy atom. The molecule has 2 aliphatic carbocycles. The average molecular weight is 543 g/mol. The van der Waals surface area contributed by atoms with Gasteiger partial charge in [-0.25, -0.2) is 0 Å². The molecule has 0 amide bonds. The Balaban J connectivity index is 0.000000264. The van der Waals surface area contributed by atoms with Crippen LogP contribution in [0.1, 0.15) is 51.3 Å². The van der Waals surface area contributed by atoms with Crippen LogP contribution in [0, 0.1) is 41.4 Å². The maximum atomic E-state index is 3.39. The first-order valence-corrected chi connectivity index (χ1v) is 11.8. The average Bonchev–Trinajstić information content (AvgIpc) is 3.03. The number of allylic oxidation sites excluding steroid dienone is 4. The Bertz CT molecular complexity index is 1160. The standard InChI is InChI=1S/C24H16.C10H15.Rh/c1-4-10-19(11-5-1)16-17-22-23(20-12-6-2-7-13-20)18-24(22)21-14-8-3-9-15-21;1-6-7(2)9(4)10(5)8(6)3;/h1-15,18H;1-5H3;. The first-order chi connectivity index (χ1) is 16.5. The quantitative estimate of drug-likeness (QED) is 0.225. The van der Waals surface area contributed by atoms with Crippen molar-refractivity contribution >= 4 is 11.1 Å². The largest absolute Gasteiger partial charge is 0.0622 e. The van der Waals surface area contributed by atoms with E-state index in [0.29, 0.717) is 0 Å². The van der Waals surface area contributed by atoms with Crippen molar-refractivity contribution in [2.24, 2.45) is 0 Å². The van der Waals surface area contributed by atoms with Gasteiger partial charge in [-0.3, -0.25) is 0 Å². The zero-order chi connectivity index (χ0) is 24.1. The molecule has 5 rings (SSSR count). The second-order valence-corrected chi connectivity index (χ2v) is 8.82. The van der Waals surface area contributed by atoms with Crippen LogP contribution in [0.5, 0.6) is 0 Å². The molecule has 1 heteroatoms. The fraction of sp³-hybridized carbons (Fsp3) is 0.147. The maximum Gasteiger partial charge on any atom is 0.0406 e. The molecule has 0 atom stereocenters. The monoisotopic (exact) mass is 542 g/mol. The summed E-state index contributed by atoms with van der Waals surface area (Å²) in [6.45, 7) is 11.0. The van der Waals surface area contributed by atoms with Crippen LogP contribution in [-0.4, -0.2) is 0 Å². The summed E-state index contributed by atoms with van der Waals surface area (Å²) < 4.78 is 0. The van der Waals surface area contributed by atoms with Crippen molar-refractivity contribution in [2.75, 3.05) is 0 Å². The van der Waals surface area contributed by atoms with Gasteiger partial charge in [-0.05, 0) is 70.1 Å². The van der Waals surface area contributed by atoms with Crippen molar-refractivity contribution in [1.82, 2.24) is 0 Å². The number of hydrogen-bond donors (Lipinski definition) is 0. The third-order valence-electron chi connectivity index (χ3n) is 6.92. The van der Waals surface area contributed by atoms with Gasteiger partial charge < -0.3 is 0 Å². The van der Waals surface area contributed by atoms with E-state index in [9.17, 15) is 0 Å². The molecule has 35 heavy (non-hydrogen) atoms. The second kappa shape index (κ2) is 12.3. The first kappa shape index (κ1) is 26.9. The molecule has 176 valence electrons. The Kier molecular flexibility index (Phi) is 9.49. The SMILES string of the molecule is C(#Cc1ccccc1)C1=C(c2ccccc2)C=C1c1ccccc1.C[C]1[C](C)[C](C)[C](C)[C]1C.[Rh]. The van der Waals surface area contributed by atoms with Crippen LogP contribution >= 0.6 is 0 Å². The van der Waals surface area contributed by atoms with Crippen LogP contribution in [0.4, 0.5) is 0 Å². The van der Waals surface area contributed by atoms with E-state index in [1.807, 2.05) is 42.5 Å². The molecule has 0 bridgehead atoms. The molecule has 1 fully saturated rings. The van der Waals surface area contributed by atoms with Gasteiger partial charge in [0.25, 0.3) is 0 Å². The third-order valence-corrected chi connectivity index (χ3v) is 6.92. The fourth-order valence-electron chi connectivity index (χ4n) is 4.24. The molecular formula is C34H31Rh. The number of benzene rings is 3. The molecule has 0 nitrogen and oxygen atoms in total. The maximum absolute atomic E-state index is 3.39. The fourth-order valence-corrected chi connectivity index (χ4v) is 4.24. The van der Waals surface area contributed by atoms with E-state index in [2.05, 4.69) is 101 Å². The van der Waals surface area contributed by atoms with Crippen molar-refractivity contribution in [3.05, 3.63) is 149 Å². The van der Waals surface area contributed by atoms with Crippen molar-refractivity contribution in [3.63, 3.8) is 0 Å². The Hall–Kier alpha value is -2.68. The summed E-state index contributed by atoms with van der Waals surface area (Å²) in [4.78, 5) is 0. The van der Waals surface area contributed by atoms with Gasteiger partial charge >= 0.3 is 0 Å². The second-order valence-electron chi connectivity index (χ2n) is 8.82. The van der Waals surface area contributed by atoms with Crippen LogP contribution in [0.3, 0.4) is 0 Å². The summed E-state index contributed by atoms with van der Waals surface area (Å²) in [5.74, 6) is 14.0. The minimum absolute atomic E-state index is 0. The summed E-state index contributed by atoms with van der Waals surface area (Å²) in [7, 11) is 0. The van der Waals surface area contributed by atoms with Crippen molar-refractivity contribution in [3.8, 4) is 11.8 Å². The third kappa shape index (κ3) is 6.12. The zero-order valence-electron chi connectivity index (χ0n) is 21.1. The molecule has 0 N–H and O–H groups in total. The number of rotatable bonds is 2. The smallest absolute Gasteiger partial charge is 0.0406 e. The van der Waals surface area contributed by atoms with Crippen molar-refractivity contribution in [1.29, 1.82) is 0 Å². The molecule has 0 aliphatic heterocycles. The van der Waals surface area contributed by atoms with Crippen LogP contribution in [0.2, 0.25) is 0 Å². The molecule has 0 spiro atoms. The molecule has 6 radical (unpaired) electrons. The summed E-state index contributed by atoms with van der Waals surface area (Å²) in [6.07, 6.45) is 2.24. The Morgan fingerprint density at radius 2 is 0.857 bits per heavy atom. The number of hydrogen-bond acceptors (Lipinski definition) is 0. The van der Waals surface area contributed by atoms with Crippen LogP contribution in [0.15, 0.2) is 103 Å². The van der Waals surface area contributed by atoms with Crippen LogP contribution in [-0.2, 0) is 19.5 Å². The molecule has 0 saturated heterocycles. The van der Waals surface area contributed by atoms with E-state index < -0.39 is 0 Å². The van der Waals surface area contributed by atoms with Gasteiger partial charge in [0.2, 0.25) is 0 Å². The van der Waals surface area contributed by atoms with Gasteiger partial charge in [-0.15, -0.1) is 0 Å².